The molecule has 0 bridgehead atoms. The van der Waals surface area contributed by atoms with E-state index in [1.165, 1.54) is 28.6 Å². The zero-order valence-corrected chi connectivity index (χ0v) is 16.5. The molecule has 0 aliphatic heterocycles. The third-order valence-electron chi connectivity index (χ3n) is 3.92. The summed E-state index contributed by atoms with van der Waals surface area (Å²) >= 11 is 1.17. The molecule has 10 heteroatoms. The van der Waals surface area contributed by atoms with Crippen LogP contribution >= 0.6 is 11.8 Å². The fourth-order valence-electron chi connectivity index (χ4n) is 2.32. The van der Waals surface area contributed by atoms with Crippen LogP contribution in [0, 0.1) is 5.82 Å². The predicted molar refractivity (Wildman–Crippen MR) is 111 cm³/mol. The highest BCUT2D eigenvalue weighted by Gasteiger charge is 2.12. The van der Waals surface area contributed by atoms with Crippen LogP contribution in [0.2, 0.25) is 0 Å². The highest BCUT2D eigenvalue weighted by Crippen LogP contribution is 2.16. The van der Waals surface area contributed by atoms with Crippen LogP contribution in [0.3, 0.4) is 0 Å². The maximum atomic E-state index is 13.0. The van der Waals surface area contributed by atoms with Crippen LogP contribution in [0.25, 0.3) is 0 Å². The molecular weight excluding hydrogens is 393 g/mol. The Bertz CT molecular complexity index is 990. The quantitative estimate of drug-likeness (QED) is 0.226. The van der Waals surface area contributed by atoms with Crippen molar-refractivity contribution in [2.24, 2.45) is 5.10 Å². The zero-order chi connectivity index (χ0) is 20.6. The van der Waals surface area contributed by atoms with Crippen molar-refractivity contribution >= 4 is 29.3 Å². The highest BCUT2D eigenvalue weighted by atomic mass is 32.2. The summed E-state index contributed by atoms with van der Waals surface area (Å²) in [5.41, 5.74) is 5.13. The van der Waals surface area contributed by atoms with Gasteiger partial charge >= 0.3 is 0 Å². The molecule has 4 N–H and O–H groups in total. The summed E-state index contributed by atoms with van der Waals surface area (Å²) in [6, 6.07) is 15.6. The van der Waals surface area contributed by atoms with E-state index in [4.69, 9.17) is 5.84 Å². The molecule has 0 unspecified atom stereocenters. The number of nitrogen functional groups attached to an aromatic ring is 1. The Hall–Kier alpha value is -3.40. The molecule has 0 spiro atoms. The number of anilines is 1. The van der Waals surface area contributed by atoms with E-state index in [1.54, 1.807) is 19.1 Å². The fourth-order valence-corrected chi connectivity index (χ4v) is 3.01. The van der Waals surface area contributed by atoms with Crippen molar-refractivity contribution in [1.29, 1.82) is 0 Å². The maximum Gasteiger partial charge on any atom is 0.264 e. The number of hydrogen-bond acceptors (Lipinski definition) is 7. The Kier molecular flexibility index (Phi) is 6.80. The van der Waals surface area contributed by atoms with E-state index in [0.717, 1.165) is 11.1 Å². The van der Waals surface area contributed by atoms with Crippen LogP contribution in [0.15, 0.2) is 64.9 Å². The molecule has 2 aromatic carbocycles. The molecule has 29 heavy (non-hydrogen) atoms. The van der Waals surface area contributed by atoms with E-state index in [0.29, 0.717) is 17.4 Å². The van der Waals surface area contributed by atoms with Gasteiger partial charge in [-0.2, -0.15) is 5.10 Å². The summed E-state index contributed by atoms with van der Waals surface area (Å²) in [5.74, 6) is 5.88. The molecule has 8 nitrogen and oxygen atoms in total. The summed E-state index contributed by atoms with van der Waals surface area (Å²) in [4.78, 5) is 12.0. The molecule has 0 radical (unpaired) electrons. The van der Waals surface area contributed by atoms with Crippen molar-refractivity contribution < 1.29 is 9.18 Å². The lowest BCUT2D eigenvalue weighted by molar-refractivity contribution is -0.118. The third-order valence-corrected chi connectivity index (χ3v) is 4.86. The number of hydrogen-bond donors (Lipinski definition) is 3. The molecule has 3 rings (SSSR count). The molecule has 0 fully saturated rings. The molecule has 0 aliphatic carbocycles. The first-order valence-corrected chi connectivity index (χ1v) is 9.71. The topological polar surface area (TPSA) is 110 Å². The number of amides is 1. The van der Waals surface area contributed by atoms with Crippen LogP contribution in [-0.4, -0.2) is 32.2 Å². The second-order valence-electron chi connectivity index (χ2n) is 6.04. The maximum absolute atomic E-state index is 13.0. The molecule has 0 atom stereocenters. The fraction of sp³-hybridized carbons (Fsp3) is 0.158. The Morgan fingerprint density at radius 2 is 1.90 bits per heavy atom. The van der Waals surface area contributed by atoms with Crippen LogP contribution < -0.4 is 16.6 Å². The lowest BCUT2D eigenvalue weighted by atomic mass is 10.1. The molecule has 3 aromatic rings. The molecule has 0 aliphatic rings. The van der Waals surface area contributed by atoms with E-state index >= 15 is 0 Å². The Morgan fingerprint density at radius 3 is 2.62 bits per heavy atom. The summed E-state index contributed by atoms with van der Waals surface area (Å²) in [6.07, 6.45) is 0. The van der Waals surface area contributed by atoms with Crippen molar-refractivity contribution in [2.45, 2.75) is 18.6 Å². The van der Waals surface area contributed by atoms with E-state index in [-0.39, 0.29) is 23.4 Å². The first kappa shape index (κ1) is 20.3. The molecule has 0 saturated heterocycles. The van der Waals surface area contributed by atoms with Gasteiger partial charge in [-0.05, 0) is 30.2 Å². The summed E-state index contributed by atoms with van der Waals surface area (Å²) < 4.78 is 14.2. The standard InChI is InChI=1S/C19H20FN7OS/c1-13(15-7-9-16(20)10-8-15)23-24-18-25-26-19(27(18)21)29-12-17(28)22-11-14-5-3-2-4-6-14/h2-10H,11-12,21H2,1H3,(H,22,28)(H,24,25)/b23-13+. The number of carbonyl (C=O) groups excluding carboxylic acids is 1. The molecule has 1 aromatic heterocycles. The van der Waals surface area contributed by atoms with E-state index in [9.17, 15) is 9.18 Å². The average Bonchev–Trinajstić information content (AvgIpc) is 3.09. The van der Waals surface area contributed by atoms with Crippen molar-refractivity contribution in [2.75, 3.05) is 17.0 Å². The minimum absolute atomic E-state index is 0.137. The second kappa shape index (κ2) is 9.69. The predicted octanol–water partition coefficient (Wildman–Crippen LogP) is 2.38. The number of rotatable bonds is 8. The molecule has 150 valence electrons. The largest absolute Gasteiger partial charge is 0.351 e. The molecule has 1 heterocycles. The van der Waals surface area contributed by atoms with Gasteiger partial charge in [0.25, 0.3) is 5.95 Å². The van der Waals surface area contributed by atoms with Crippen LogP contribution in [-0.2, 0) is 11.3 Å². The Labute approximate surface area is 171 Å². The SMILES string of the molecule is C/C(=N\Nc1nnc(SCC(=O)NCc2ccccc2)n1N)c1ccc(F)cc1. The van der Waals surface area contributed by atoms with Gasteiger partial charge in [-0.25, -0.2) is 14.5 Å². The lowest BCUT2D eigenvalue weighted by Gasteiger charge is -2.06. The van der Waals surface area contributed by atoms with Crippen molar-refractivity contribution in [3.8, 4) is 0 Å². The molecule has 0 saturated carbocycles. The van der Waals surface area contributed by atoms with Gasteiger partial charge < -0.3 is 11.2 Å². The zero-order valence-electron chi connectivity index (χ0n) is 15.7. The minimum Gasteiger partial charge on any atom is -0.351 e. The minimum atomic E-state index is -0.314. The van der Waals surface area contributed by atoms with Gasteiger partial charge in [0.2, 0.25) is 11.1 Å². The average molecular weight is 413 g/mol. The number of carbonyl (C=O) groups is 1. The first-order chi connectivity index (χ1) is 14.0. The Morgan fingerprint density at radius 1 is 1.17 bits per heavy atom. The first-order valence-electron chi connectivity index (χ1n) is 8.73. The van der Waals surface area contributed by atoms with Crippen molar-refractivity contribution in [3.05, 3.63) is 71.5 Å². The second-order valence-corrected chi connectivity index (χ2v) is 6.99. The van der Waals surface area contributed by atoms with E-state index in [2.05, 4.69) is 26.0 Å². The third kappa shape index (κ3) is 5.79. The number of nitrogens with one attached hydrogen (secondary N) is 2. The highest BCUT2D eigenvalue weighted by molar-refractivity contribution is 7.99. The van der Waals surface area contributed by atoms with Gasteiger partial charge in [0.05, 0.1) is 11.5 Å². The van der Waals surface area contributed by atoms with Crippen LogP contribution in [0.4, 0.5) is 10.3 Å². The van der Waals surface area contributed by atoms with Gasteiger partial charge in [-0.15, -0.1) is 10.2 Å². The van der Waals surface area contributed by atoms with Gasteiger partial charge in [-0.1, -0.05) is 54.2 Å². The number of aromatic nitrogens is 3. The van der Waals surface area contributed by atoms with Gasteiger partial charge in [0.15, 0.2) is 0 Å². The number of benzene rings is 2. The van der Waals surface area contributed by atoms with Crippen molar-refractivity contribution in [1.82, 2.24) is 20.2 Å². The number of nitrogens with zero attached hydrogens (tertiary/aromatic N) is 4. The summed E-state index contributed by atoms with van der Waals surface area (Å²) in [7, 11) is 0. The van der Waals surface area contributed by atoms with Gasteiger partial charge in [0, 0.05) is 6.54 Å². The number of nitrogens with two attached hydrogens (primary N) is 1. The van der Waals surface area contributed by atoms with Crippen LogP contribution in [0.1, 0.15) is 18.1 Å². The molecular formula is C19H20FN7OS. The van der Waals surface area contributed by atoms with Gasteiger partial charge in [-0.3, -0.25) is 4.79 Å². The summed E-state index contributed by atoms with van der Waals surface area (Å²) in [5, 5.41) is 15.3. The number of thioether (sulfide) groups is 1. The monoisotopic (exact) mass is 413 g/mol. The van der Waals surface area contributed by atoms with Crippen molar-refractivity contribution in [3.63, 3.8) is 0 Å². The van der Waals surface area contributed by atoms with E-state index in [1.807, 2.05) is 30.3 Å². The number of hydrazone groups is 1. The van der Waals surface area contributed by atoms with Crippen LogP contribution in [0.5, 0.6) is 0 Å². The van der Waals surface area contributed by atoms with Gasteiger partial charge in [0.1, 0.15) is 5.82 Å². The van der Waals surface area contributed by atoms with E-state index < -0.39 is 0 Å². The normalized spacial score (nSPS) is 11.3. The molecule has 1 amide bonds. The lowest BCUT2D eigenvalue weighted by Crippen LogP contribution is -2.25. The number of halogens is 1. The summed E-state index contributed by atoms with van der Waals surface area (Å²) in [6.45, 7) is 2.23. The smallest absolute Gasteiger partial charge is 0.264 e. The Balaban J connectivity index is 1.51.